The van der Waals surface area contributed by atoms with Gasteiger partial charge in [0.15, 0.2) is 9.84 Å². The van der Waals surface area contributed by atoms with Gasteiger partial charge < -0.3 is 5.32 Å². The second-order valence-corrected chi connectivity index (χ2v) is 7.54. The lowest BCUT2D eigenvalue weighted by Gasteiger charge is -2.33. The molecule has 1 aromatic heterocycles. The van der Waals surface area contributed by atoms with Gasteiger partial charge in [0.25, 0.3) is 0 Å². The van der Waals surface area contributed by atoms with Crippen LogP contribution in [0.3, 0.4) is 0 Å². The van der Waals surface area contributed by atoms with Crippen molar-refractivity contribution in [2.75, 3.05) is 18.1 Å². The summed E-state index contributed by atoms with van der Waals surface area (Å²) in [7, 11) is -2.83. The van der Waals surface area contributed by atoms with Gasteiger partial charge in [0.05, 0.1) is 17.0 Å². The van der Waals surface area contributed by atoms with Crippen molar-refractivity contribution in [1.29, 1.82) is 0 Å². The second kappa shape index (κ2) is 3.06. The molecule has 0 radical (unpaired) electrons. The standard InChI is InChI=1S/C10H13NO2S2/c12-15(13)6-3-10(7-15)8-2-5-14-9(8)1-4-11-10/h2,5,11H,1,3-4,6-7H2. The molecule has 3 nitrogen and oxygen atoms in total. The Kier molecular flexibility index (Phi) is 2.00. The van der Waals surface area contributed by atoms with Crippen LogP contribution in [0.2, 0.25) is 0 Å². The molecule has 15 heavy (non-hydrogen) atoms. The first-order chi connectivity index (χ1) is 7.11. The van der Waals surface area contributed by atoms with Gasteiger partial charge in [-0.05, 0) is 29.9 Å². The van der Waals surface area contributed by atoms with Crippen molar-refractivity contribution < 1.29 is 8.42 Å². The highest BCUT2D eigenvalue weighted by Crippen LogP contribution is 2.39. The normalized spacial score (nSPS) is 33.1. The van der Waals surface area contributed by atoms with Crippen LogP contribution in [0.15, 0.2) is 11.4 Å². The van der Waals surface area contributed by atoms with Gasteiger partial charge in [-0.1, -0.05) is 0 Å². The number of nitrogens with one attached hydrogen (secondary N) is 1. The minimum atomic E-state index is -2.83. The Hall–Kier alpha value is -0.390. The van der Waals surface area contributed by atoms with E-state index in [9.17, 15) is 8.42 Å². The molecule has 0 aromatic carbocycles. The molecular weight excluding hydrogens is 230 g/mol. The van der Waals surface area contributed by atoms with Crippen LogP contribution in [-0.2, 0) is 21.8 Å². The van der Waals surface area contributed by atoms with Crippen LogP contribution in [0.1, 0.15) is 16.9 Å². The third-order valence-corrected chi connectivity index (χ3v) is 6.12. The van der Waals surface area contributed by atoms with E-state index in [-0.39, 0.29) is 11.3 Å². The molecule has 2 aliphatic heterocycles. The van der Waals surface area contributed by atoms with Crippen molar-refractivity contribution in [3.05, 3.63) is 21.9 Å². The van der Waals surface area contributed by atoms with E-state index in [0.29, 0.717) is 5.75 Å². The van der Waals surface area contributed by atoms with E-state index in [1.165, 1.54) is 10.4 Å². The molecule has 1 spiro atoms. The average molecular weight is 243 g/mol. The quantitative estimate of drug-likeness (QED) is 0.736. The Morgan fingerprint density at radius 2 is 2.33 bits per heavy atom. The van der Waals surface area contributed by atoms with Crippen LogP contribution in [-0.4, -0.2) is 26.5 Å². The van der Waals surface area contributed by atoms with Gasteiger partial charge in [-0.25, -0.2) is 8.42 Å². The summed E-state index contributed by atoms with van der Waals surface area (Å²) in [6, 6.07) is 2.09. The minimum Gasteiger partial charge on any atom is -0.306 e. The molecule has 82 valence electrons. The van der Waals surface area contributed by atoms with Gasteiger partial charge >= 0.3 is 0 Å². The van der Waals surface area contributed by atoms with Gasteiger partial charge in [-0.15, -0.1) is 11.3 Å². The molecule has 1 aromatic rings. The van der Waals surface area contributed by atoms with Crippen molar-refractivity contribution in [2.24, 2.45) is 0 Å². The lowest BCUT2D eigenvalue weighted by Crippen LogP contribution is -2.47. The Balaban J connectivity index is 2.10. The van der Waals surface area contributed by atoms with Crippen molar-refractivity contribution in [2.45, 2.75) is 18.4 Å². The molecule has 0 aliphatic carbocycles. The van der Waals surface area contributed by atoms with E-state index in [4.69, 9.17) is 0 Å². The largest absolute Gasteiger partial charge is 0.306 e. The maximum absolute atomic E-state index is 11.6. The number of thiophene rings is 1. The maximum Gasteiger partial charge on any atom is 0.152 e. The van der Waals surface area contributed by atoms with Gasteiger partial charge in [0.2, 0.25) is 0 Å². The third kappa shape index (κ3) is 1.45. The summed E-state index contributed by atoms with van der Waals surface area (Å²) >= 11 is 1.75. The molecule has 0 saturated carbocycles. The summed E-state index contributed by atoms with van der Waals surface area (Å²) < 4.78 is 23.2. The average Bonchev–Trinajstić information content (AvgIpc) is 2.73. The van der Waals surface area contributed by atoms with Crippen LogP contribution in [0, 0.1) is 0 Å². The van der Waals surface area contributed by atoms with E-state index in [0.717, 1.165) is 19.4 Å². The minimum absolute atomic E-state index is 0.258. The molecule has 1 fully saturated rings. The summed E-state index contributed by atoms with van der Waals surface area (Å²) in [5, 5.41) is 5.49. The van der Waals surface area contributed by atoms with Crippen LogP contribution in [0.4, 0.5) is 0 Å². The van der Waals surface area contributed by atoms with E-state index in [1.807, 2.05) is 0 Å². The molecule has 0 amide bonds. The predicted octanol–water partition coefficient (Wildman–Crippen LogP) is 0.908. The van der Waals surface area contributed by atoms with Crippen molar-refractivity contribution >= 4 is 21.2 Å². The summed E-state index contributed by atoms with van der Waals surface area (Å²) in [5.41, 5.74) is 0.978. The van der Waals surface area contributed by atoms with Gasteiger partial charge in [0, 0.05) is 11.4 Å². The fraction of sp³-hybridized carbons (Fsp3) is 0.600. The van der Waals surface area contributed by atoms with Crippen LogP contribution >= 0.6 is 11.3 Å². The number of rotatable bonds is 0. The first kappa shape index (κ1) is 9.81. The van der Waals surface area contributed by atoms with Crippen molar-refractivity contribution in [3.8, 4) is 0 Å². The number of hydrogen-bond donors (Lipinski definition) is 1. The predicted molar refractivity (Wildman–Crippen MR) is 61.0 cm³/mol. The molecule has 5 heteroatoms. The molecule has 0 bridgehead atoms. The van der Waals surface area contributed by atoms with Crippen molar-refractivity contribution in [3.63, 3.8) is 0 Å². The first-order valence-corrected chi connectivity index (χ1v) is 7.84. The zero-order valence-electron chi connectivity index (χ0n) is 8.32. The highest BCUT2D eigenvalue weighted by molar-refractivity contribution is 7.91. The number of sulfone groups is 1. The Morgan fingerprint density at radius 1 is 1.47 bits per heavy atom. The summed E-state index contributed by atoms with van der Waals surface area (Å²) in [4.78, 5) is 1.37. The lowest BCUT2D eigenvalue weighted by molar-refractivity contribution is 0.359. The molecule has 3 heterocycles. The summed E-state index contributed by atoms with van der Waals surface area (Å²) in [6.07, 6.45) is 1.77. The van der Waals surface area contributed by atoms with Gasteiger partial charge in [-0.3, -0.25) is 0 Å². The Morgan fingerprint density at radius 3 is 3.07 bits per heavy atom. The SMILES string of the molecule is O=S1(=O)CCC2(C1)NCCc1sccc12. The van der Waals surface area contributed by atoms with Gasteiger partial charge in [-0.2, -0.15) is 0 Å². The second-order valence-electron chi connectivity index (χ2n) is 4.36. The van der Waals surface area contributed by atoms with E-state index in [2.05, 4.69) is 16.8 Å². The molecule has 1 saturated heterocycles. The fourth-order valence-electron chi connectivity index (χ4n) is 2.67. The van der Waals surface area contributed by atoms with Crippen LogP contribution in [0.5, 0.6) is 0 Å². The Labute approximate surface area is 93.4 Å². The van der Waals surface area contributed by atoms with Gasteiger partial charge in [0.1, 0.15) is 0 Å². The fourth-order valence-corrected chi connectivity index (χ4v) is 5.61. The summed E-state index contributed by atoms with van der Waals surface area (Å²) in [6.45, 7) is 0.906. The Bertz CT molecular complexity index is 491. The van der Waals surface area contributed by atoms with E-state index >= 15 is 0 Å². The molecule has 1 N–H and O–H groups in total. The first-order valence-electron chi connectivity index (χ1n) is 5.14. The molecular formula is C10H13NO2S2. The highest BCUT2D eigenvalue weighted by Gasteiger charge is 2.46. The number of hydrogen-bond acceptors (Lipinski definition) is 4. The van der Waals surface area contributed by atoms with Crippen LogP contribution < -0.4 is 5.32 Å². The molecule has 1 unspecified atom stereocenters. The molecule has 2 aliphatic rings. The topological polar surface area (TPSA) is 46.2 Å². The van der Waals surface area contributed by atoms with Crippen molar-refractivity contribution in [1.82, 2.24) is 5.32 Å². The monoisotopic (exact) mass is 243 g/mol. The zero-order chi connectivity index (χ0) is 10.5. The third-order valence-electron chi connectivity index (χ3n) is 3.38. The summed E-state index contributed by atoms with van der Waals surface area (Å²) in [5.74, 6) is 0.610. The van der Waals surface area contributed by atoms with E-state index < -0.39 is 9.84 Å². The molecule has 1 atom stereocenters. The van der Waals surface area contributed by atoms with E-state index in [1.54, 1.807) is 11.3 Å². The zero-order valence-corrected chi connectivity index (χ0v) is 9.96. The maximum atomic E-state index is 11.6. The molecule has 3 rings (SSSR count). The van der Waals surface area contributed by atoms with Crippen LogP contribution in [0.25, 0.3) is 0 Å². The number of fused-ring (bicyclic) bond motifs is 2. The smallest absolute Gasteiger partial charge is 0.152 e. The highest BCUT2D eigenvalue weighted by atomic mass is 32.2. The lowest BCUT2D eigenvalue weighted by atomic mass is 9.86.